The van der Waals surface area contributed by atoms with E-state index in [0.717, 1.165) is 35.6 Å². The number of carbonyl (C=O) groups is 1. The molecule has 0 spiro atoms. The van der Waals surface area contributed by atoms with Crippen LogP contribution in [0.5, 0.6) is 0 Å². The first kappa shape index (κ1) is 17.7. The van der Waals surface area contributed by atoms with Crippen molar-refractivity contribution >= 4 is 5.91 Å². The fourth-order valence-electron chi connectivity index (χ4n) is 3.88. The van der Waals surface area contributed by atoms with Crippen LogP contribution in [0.1, 0.15) is 47.6 Å². The van der Waals surface area contributed by atoms with Gasteiger partial charge in [-0.1, -0.05) is 32.0 Å². The predicted octanol–water partition coefficient (Wildman–Crippen LogP) is 3.60. The van der Waals surface area contributed by atoms with E-state index in [-0.39, 0.29) is 17.4 Å². The number of amides is 1. The SMILES string of the molecule is Cc1ccccc1-n1c(C)cc(C(=O)N2CCC(N)C(C)(C)C2)c1C. The maximum absolute atomic E-state index is 13.2. The Morgan fingerprint density at radius 1 is 1.20 bits per heavy atom. The summed E-state index contributed by atoms with van der Waals surface area (Å²) in [5.41, 5.74) is 11.4. The van der Waals surface area contributed by atoms with Gasteiger partial charge in [0.2, 0.25) is 0 Å². The molecule has 1 amide bonds. The van der Waals surface area contributed by atoms with Gasteiger partial charge in [0, 0.05) is 36.2 Å². The van der Waals surface area contributed by atoms with Crippen LogP contribution in [-0.4, -0.2) is 34.5 Å². The number of para-hydroxylation sites is 1. The number of aryl methyl sites for hydroxylation is 2. The number of nitrogens with two attached hydrogens (primary N) is 1. The third kappa shape index (κ3) is 3.11. The van der Waals surface area contributed by atoms with Gasteiger partial charge in [0.05, 0.1) is 5.56 Å². The molecule has 25 heavy (non-hydrogen) atoms. The first-order valence-corrected chi connectivity index (χ1v) is 9.02. The van der Waals surface area contributed by atoms with Crippen LogP contribution in [0.15, 0.2) is 30.3 Å². The molecule has 0 radical (unpaired) electrons. The van der Waals surface area contributed by atoms with Crippen molar-refractivity contribution in [2.75, 3.05) is 13.1 Å². The largest absolute Gasteiger partial charge is 0.338 e. The molecule has 1 unspecified atom stereocenters. The molecule has 2 N–H and O–H groups in total. The zero-order valence-electron chi connectivity index (χ0n) is 16.0. The third-order valence-corrected chi connectivity index (χ3v) is 5.62. The minimum atomic E-state index is -0.0462. The van der Waals surface area contributed by atoms with Crippen LogP contribution in [0.4, 0.5) is 0 Å². The summed E-state index contributed by atoms with van der Waals surface area (Å²) in [7, 11) is 0. The summed E-state index contributed by atoms with van der Waals surface area (Å²) in [5, 5.41) is 0. The standard InChI is InChI=1S/C21H29N3O/c1-14-8-6-7-9-18(14)24-15(2)12-17(16(24)3)20(25)23-11-10-19(22)21(4,5)13-23/h6-9,12,19H,10-11,13,22H2,1-5H3. The van der Waals surface area contributed by atoms with Crippen molar-refractivity contribution in [1.82, 2.24) is 9.47 Å². The van der Waals surface area contributed by atoms with E-state index >= 15 is 0 Å². The molecule has 1 aromatic carbocycles. The zero-order valence-corrected chi connectivity index (χ0v) is 16.0. The smallest absolute Gasteiger partial charge is 0.255 e. The maximum atomic E-state index is 13.2. The summed E-state index contributed by atoms with van der Waals surface area (Å²) in [4.78, 5) is 15.1. The van der Waals surface area contributed by atoms with Gasteiger partial charge < -0.3 is 15.2 Å². The number of likely N-dealkylation sites (tertiary alicyclic amines) is 1. The molecule has 0 saturated carbocycles. The van der Waals surface area contributed by atoms with E-state index in [1.807, 2.05) is 30.0 Å². The van der Waals surface area contributed by atoms with Crippen LogP contribution in [0.25, 0.3) is 5.69 Å². The Kier molecular flexibility index (Phi) is 4.50. The fourth-order valence-corrected chi connectivity index (χ4v) is 3.88. The van der Waals surface area contributed by atoms with Gasteiger partial charge in [-0.3, -0.25) is 4.79 Å². The summed E-state index contributed by atoms with van der Waals surface area (Å²) in [6.07, 6.45) is 0.856. The maximum Gasteiger partial charge on any atom is 0.255 e. The number of carbonyl (C=O) groups excluding carboxylic acids is 1. The Labute approximate surface area is 150 Å². The van der Waals surface area contributed by atoms with Crippen molar-refractivity contribution in [1.29, 1.82) is 0 Å². The van der Waals surface area contributed by atoms with Crippen LogP contribution in [0.2, 0.25) is 0 Å². The van der Waals surface area contributed by atoms with E-state index in [4.69, 9.17) is 5.73 Å². The summed E-state index contributed by atoms with van der Waals surface area (Å²) < 4.78 is 2.18. The number of rotatable bonds is 2. The van der Waals surface area contributed by atoms with E-state index in [1.165, 1.54) is 5.56 Å². The lowest BCUT2D eigenvalue weighted by molar-refractivity contribution is 0.0532. The van der Waals surface area contributed by atoms with E-state index in [9.17, 15) is 4.79 Å². The summed E-state index contributed by atoms with van der Waals surface area (Å²) >= 11 is 0. The van der Waals surface area contributed by atoms with Crippen LogP contribution in [-0.2, 0) is 0 Å². The lowest BCUT2D eigenvalue weighted by Crippen LogP contribution is -2.54. The second-order valence-corrected chi connectivity index (χ2v) is 8.02. The summed E-state index contributed by atoms with van der Waals surface area (Å²) in [5.74, 6) is 0.118. The molecule has 1 aliphatic heterocycles. The normalized spacial score (nSPS) is 19.9. The van der Waals surface area contributed by atoms with Crippen molar-refractivity contribution < 1.29 is 4.79 Å². The van der Waals surface area contributed by atoms with Gasteiger partial charge in [0.1, 0.15) is 0 Å². The lowest BCUT2D eigenvalue weighted by atomic mass is 9.79. The molecule has 0 bridgehead atoms. The highest BCUT2D eigenvalue weighted by Crippen LogP contribution is 2.30. The number of nitrogens with zero attached hydrogens (tertiary/aromatic N) is 2. The Morgan fingerprint density at radius 3 is 2.52 bits per heavy atom. The Bertz CT molecular complexity index is 803. The minimum absolute atomic E-state index is 0.0462. The number of piperidine rings is 1. The summed E-state index contributed by atoms with van der Waals surface area (Å²) in [6.45, 7) is 11.9. The first-order valence-electron chi connectivity index (χ1n) is 9.02. The second kappa shape index (κ2) is 6.34. The van der Waals surface area contributed by atoms with Crippen LogP contribution in [0.3, 0.4) is 0 Å². The number of benzene rings is 1. The zero-order chi connectivity index (χ0) is 18.4. The fraction of sp³-hybridized carbons (Fsp3) is 0.476. The van der Waals surface area contributed by atoms with E-state index in [0.29, 0.717) is 6.54 Å². The molecule has 2 heterocycles. The minimum Gasteiger partial charge on any atom is -0.338 e. The van der Waals surface area contributed by atoms with Gasteiger partial charge in [0.15, 0.2) is 0 Å². The highest BCUT2D eigenvalue weighted by Gasteiger charge is 2.36. The van der Waals surface area contributed by atoms with Crippen molar-refractivity contribution in [2.24, 2.45) is 11.1 Å². The average molecular weight is 339 g/mol. The first-order chi connectivity index (χ1) is 11.7. The molecule has 1 saturated heterocycles. The molecular weight excluding hydrogens is 310 g/mol. The number of aromatic nitrogens is 1. The van der Waals surface area contributed by atoms with Crippen LogP contribution < -0.4 is 5.73 Å². The highest BCUT2D eigenvalue weighted by atomic mass is 16.2. The quantitative estimate of drug-likeness (QED) is 0.909. The molecule has 4 heteroatoms. The van der Waals surface area contributed by atoms with Gasteiger partial charge in [-0.2, -0.15) is 0 Å². The number of hydrogen-bond donors (Lipinski definition) is 1. The van der Waals surface area contributed by atoms with Crippen molar-refractivity contribution in [3.8, 4) is 5.69 Å². The van der Waals surface area contributed by atoms with Gasteiger partial charge in [0.25, 0.3) is 5.91 Å². The third-order valence-electron chi connectivity index (χ3n) is 5.62. The molecule has 1 aliphatic rings. The molecule has 2 aromatic rings. The van der Waals surface area contributed by atoms with Crippen LogP contribution in [0, 0.1) is 26.2 Å². The second-order valence-electron chi connectivity index (χ2n) is 8.02. The van der Waals surface area contributed by atoms with Gasteiger partial charge in [-0.05, 0) is 50.3 Å². The van der Waals surface area contributed by atoms with Crippen molar-refractivity contribution in [2.45, 2.75) is 47.1 Å². The molecular formula is C21H29N3O. The Morgan fingerprint density at radius 2 is 1.88 bits per heavy atom. The lowest BCUT2D eigenvalue weighted by Gasteiger charge is -2.42. The molecule has 3 rings (SSSR count). The topological polar surface area (TPSA) is 51.3 Å². The van der Waals surface area contributed by atoms with Gasteiger partial charge in [-0.25, -0.2) is 0 Å². The molecule has 1 aromatic heterocycles. The van der Waals surface area contributed by atoms with Crippen LogP contribution >= 0.6 is 0 Å². The predicted molar refractivity (Wildman–Crippen MR) is 102 cm³/mol. The van der Waals surface area contributed by atoms with E-state index < -0.39 is 0 Å². The molecule has 134 valence electrons. The van der Waals surface area contributed by atoms with Crippen molar-refractivity contribution in [3.05, 3.63) is 52.8 Å². The van der Waals surface area contributed by atoms with Crippen molar-refractivity contribution in [3.63, 3.8) is 0 Å². The Balaban J connectivity index is 1.96. The van der Waals surface area contributed by atoms with Gasteiger partial charge >= 0.3 is 0 Å². The summed E-state index contributed by atoms with van der Waals surface area (Å²) in [6, 6.07) is 10.5. The van der Waals surface area contributed by atoms with E-state index in [1.54, 1.807) is 0 Å². The highest BCUT2D eigenvalue weighted by molar-refractivity contribution is 5.96. The molecule has 0 aliphatic carbocycles. The molecule has 1 atom stereocenters. The molecule has 4 nitrogen and oxygen atoms in total. The van der Waals surface area contributed by atoms with Gasteiger partial charge in [-0.15, -0.1) is 0 Å². The van der Waals surface area contributed by atoms with E-state index in [2.05, 4.69) is 44.4 Å². The Hall–Kier alpha value is -2.07. The molecule has 1 fully saturated rings. The monoisotopic (exact) mass is 339 g/mol. The number of hydrogen-bond acceptors (Lipinski definition) is 2. The average Bonchev–Trinajstić information content (AvgIpc) is 2.85.